The van der Waals surface area contributed by atoms with Gasteiger partial charge in [-0.25, -0.2) is 8.42 Å². The van der Waals surface area contributed by atoms with Crippen LogP contribution in [0.3, 0.4) is 0 Å². The Kier molecular flexibility index (Phi) is 6.12. The average Bonchev–Trinajstić information content (AvgIpc) is 3.19. The topological polar surface area (TPSA) is 109 Å². The zero-order valence-corrected chi connectivity index (χ0v) is 16.4. The van der Waals surface area contributed by atoms with Crippen LogP contribution < -0.4 is 14.8 Å². The first-order valence-corrected chi connectivity index (χ1v) is 10.3. The van der Waals surface area contributed by atoms with Crippen molar-refractivity contribution in [1.82, 2.24) is 4.98 Å². The third-order valence-corrected chi connectivity index (χ3v) is 5.54. The Morgan fingerprint density at radius 3 is 2.39 bits per heavy atom. The van der Waals surface area contributed by atoms with E-state index in [0.717, 1.165) is 11.3 Å². The number of hydrogen-bond acceptors (Lipinski definition) is 7. The highest BCUT2D eigenvalue weighted by Crippen LogP contribution is 2.29. The Bertz CT molecular complexity index is 1020. The number of nitrogens with zero attached hydrogens (tertiary/aromatic N) is 2. The van der Waals surface area contributed by atoms with Gasteiger partial charge in [-0.2, -0.15) is 11.3 Å². The molecule has 0 unspecified atom stereocenters. The number of methoxy groups -OCH3 is 1. The van der Waals surface area contributed by atoms with Gasteiger partial charge in [0.1, 0.15) is 11.5 Å². The van der Waals surface area contributed by atoms with E-state index in [1.807, 2.05) is 0 Å². The first-order chi connectivity index (χ1) is 13.5. The predicted octanol–water partition coefficient (Wildman–Crippen LogP) is 3.56. The van der Waals surface area contributed by atoms with Crippen LogP contribution in [0.15, 0.2) is 65.0 Å². The highest BCUT2D eigenvalue weighted by molar-refractivity contribution is 7.94. The highest BCUT2D eigenvalue weighted by Gasteiger charge is 2.11. The van der Waals surface area contributed by atoms with Crippen molar-refractivity contribution < 1.29 is 22.7 Å². The minimum absolute atomic E-state index is 0.00943. The predicted molar refractivity (Wildman–Crippen MR) is 106 cm³/mol. The molecule has 1 N–H and O–H groups in total. The van der Waals surface area contributed by atoms with Crippen LogP contribution >= 0.6 is 11.3 Å². The average molecular weight is 418 g/mol. The Balaban J connectivity index is 1.55. The minimum atomic E-state index is -3.86. The second-order valence-corrected chi connectivity index (χ2v) is 7.89. The molecule has 2 aromatic carbocycles. The molecule has 0 saturated heterocycles. The lowest BCUT2D eigenvalue weighted by Gasteiger charge is -2.12. The van der Waals surface area contributed by atoms with E-state index in [2.05, 4.69) is 15.0 Å². The number of thiazole rings is 1. The van der Waals surface area contributed by atoms with Crippen LogP contribution in [0, 0.1) is 0 Å². The van der Waals surface area contributed by atoms with Crippen LogP contribution in [0.5, 0.6) is 11.5 Å². The van der Waals surface area contributed by atoms with E-state index in [0.29, 0.717) is 17.2 Å². The van der Waals surface area contributed by atoms with Crippen LogP contribution in [0.2, 0.25) is 0 Å². The van der Waals surface area contributed by atoms with Gasteiger partial charge in [-0.1, -0.05) is 6.20 Å². The van der Waals surface area contributed by atoms with E-state index in [4.69, 9.17) is 9.47 Å². The Hall–Kier alpha value is -3.11. The molecule has 0 aliphatic heterocycles. The van der Waals surface area contributed by atoms with E-state index in [-0.39, 0.29) is 22.5 Å². The summed E-state index contributed by atoms with van der Waals surface area (Å²) in [6.07, 6.45) is 1.48. The number of nitrogens with one attached hydrogen (secondary N) is 1. The summed E-state index contributed by atoms with van der Waals surface area (Å²) in [4.78, 5) is 15.8. The smallest absolute Gasteiger partial charge is 0.262 e. The number of ether oxygens (including phenoxy) is 2. The van der Waals surface area contributed by atoms with Crippen LogP contribution in [0.25, 0.3) is 4.72 Å². The zero-order valence-electron chi connectivity index (χ0n) is 14.7. The number of amides is 1. The molecule has 0 fully saturated rings. The minimum Gasteiger partial charge on any atom is -0.497 e. The first kappa shape index (κ1) is 19.6. The maximum absolute atomic E-state index is 12.2. The molecular weight excluding hydrogens is 402 g/mol. The summed E-state index contributed by atoms with van der Waals surface area (Å²) in [5.41, 5.74) is 0.441. The lowest BCUT2D eigenvalue weighted by atomic mass is 10.3. The normalized spacial score (nSPS) is 10.9. The van der Waals surface area contributed by atoms with E-state index >= 15 is 0 Å². The lowest BCUT2D eigenvalue weighted by Crippen LogP contribution is -2.20. The van der Waals surface area contributed by atoms with Gasteiger partial charge in [-0.3, -0.25) is 4.79 Å². The number of carbonyl (C=O) groups is 1. The van der Waals surface area contributed by atoms with E-state index < -0.39 is 10.0 Å². The molecule has 0 aliphatic rings. The molecule has 1 aromatic heterocycles. The standard InChI is InChI=1S/C18H17N3O5S2/c1-25-14-4-6-15(7-5-14)26-12-17(22)20-13-2-8-16(9-3-13)28(23,24)21-18-19-10-11-27-18/h2-11H,12H2,1H3,(H2,19,20,21,22)/p-1. The first-order valence-electron chi connectivity index (χ1n) is 8.00. The van der Waals surface area contributed by atoms with Crippen molar-refractivity contribution in [3.8, 4) is 11.5 Å². The molecule has 3 rings (SSSR count). The van der Waals surface area contributed by atoms with Gasteiger partial charge >= 0.3 is 0 Å². The van der Waals surface area contributed by atoms with Gasteiger partial charge in [-0.05, 0) is 53.9 Å². The molecular formula is C18H16N3O5S2-. The van der Waals surface area contributed by atoms with Gasteiger partial charge in [0.15, 0.2) is 6.61 Å². The molecule has 1 heterocycles. The fraction of sp³-hybridized carbons (Fsp3) is 0.111. The fourth-order valence-electron chi connectivity index (χ4n) is 2.14. The molecule has 1 amide bonds. The monoisotopic (exact) mass is 418 g/mol. The van der Waals surface area contributed by atoms with Gasteiger partial charge in [-0.15, -0.1) is 0 Å². The van der Waals surface area contributed by atoms with Gasteiger partial charge in [0.05, 0.1) is 12.0 Å². The number of benzene rings is 2. The Labute approximate surface area is 166 Å². The van der Waals surface area contributed by atoms with Crippen molar-refractivity contribution in [2.75, 3.05) is 19.0 Å². The van der Waals surface area contributed by atoms with Crippen LogP contribution in [-0.2, 0) is 14.8 Å². The SMILES string of the molecule is COc1ccc(OCC(=O)Nc2ccc(S(=O)(=O)[N-]c3nccs3)cc2)cc1. The summed E-state index contributed by atoms with van der Waals surface area (Å²) in [7, 11) is -2.29. The highest BCUT2D eigenvalue weighted by atomic mass is 32.2. The summed E-state index contributed by atoms with van der Waals surface area (Å²) in [5, 5.41) is 4.43. The summed E-state index contributed by atoms with van der Waals surface area (Å²) >= 11 is 1.13. The largest absolute Gasteiger partial charge is 0.497 e. The number of carbonyl (C=O) groups excluding carboxylic acids is 1. The van der Waals surface area contributed by atoms with Gasteiger partial charge in [0.25, 0.3) is 5.91 Å². The zero-order chi connectivity index (χ0) is 20.0. The molecule has 8 nitrogen and oxygen atoms in total. The maximum atomic E-state index is 12.2. The number of aromatic nitrogens is 1. The van der Waals surface area contributed by atoms with Crippen LogP contribution in [0.1, 0.15) is 0 Å². The van der Waals surface area contributed by atoms with E-state index in [1.165, 1.54) is 30.5 Å². The molecule has 0 saturated carbocycles. The van der Waals surface area contributed by atoms with Crippen LogP contribution in [0.4, 0.5) is 10.8 Å². The summed E-state index contributed by atoms with van der Waals surface area (Å²) in [6, 6.07) is 12.5. The molecule has 0 radical (unpaired) electrons. The summed E-state index contributed by atoms with van der Waals surface area (Å²) < 4.78 is 38.5. The van der Waals surface area contributed by atoms with Gasteiger partial charge in [0.2, 0.25) is 10.0 Å². The number of hydrogen-bond donors (Lipinski definition) is 1. The van der Waals surface area contributed by atoms with E-state index in [9.17, 15) is 13.2 Å². The van der Waals surface area contributed by atoms with Gasteiger partial charge in [0, 0.05) is 10.8 Å². The molecule has 0 atom stereocenters. The number of sulfonamides is 1. The molecule has 10 heteroatoms. The molecule has 146 valence electrons. The van der Waals surface area contributed by atoms with Crippen LogP contribution in [-0.4, -0.2) is 33.0 Å². The number of rotatable bonds is 8. The van der Waals surface area contributed by atoms with Crippen molar-refractivity contribution >= 4 is 38.1 Å². The quantitative estimate of drug-likeness (QED) is 0.599. The van der Waals surface area contributed by atoms with Crippen molar-refractivity contribution in [2.45, 2.75) is 4.90 Å². The second-order valence-electron chi connectivity index (χ2n) is 5.42. The van der Waals surface area contributed by atoms with Crippen molar-refractivity contribution in [2.24, 2.45) is 0 Å². The lowest BCUT2D eigenvalue weighted by molar-refractivity contribution is -0.118. The van der Waals surface area contributed by atoms with Gasteiger partial charge < -0.3 is 24.5 Å². The molecule has 28 heavy (non-hydrogen) atoms. The summed E-state index contributed by atoms with van der Waals surface area (Å²) in [5.74, 6) is 0.841. The Morgan fingerprint density at radius 2 is 1.79 bits per heavy atom. The third-order valence-electron chi connectivity index (χ3n) is 3.48. The second kappa shape index (κ2) is 8.72. The molecule has 0 bridgehead atoms. The van der Waals surface area contributed by atoms with E-state index in [1.54, 1.807) is 36.8 Å². The number of anilines is 1. The fourth-order valence-corrected chi connectivity index (χ4v) is 3.81. The third kappa shape index (κ3) is 5.21. The maximum Gasteiger partial charge on any atom is 0.262 e. The van der Waals surface area contributed by atoms with Crippen molar-refractivity contribution in [3.63, 3.8) is 0 Å². The molecule has 3 aromatic rings. The van der Waals surface area contributed by atoms with Crippen molar-refractivity contribution in [1.29, 1.82) is 0 Å². The summed E-state index contributed by atoms with van der Waals surface area (Å²) in [6.45, 7) is -0.189. The molecule has 0 spiro atoms. The molecule has 0 aliphatic carbocycles. The van der Waals surface area contributed by atoms with Crippen molar-refractivity contribution in [3.05, 3.63) is 64.8 Å². The Morgan fingerprint density at radius 1 is 1.11 bits per heavy atom.